The van der Waals surface area contributed by atoms with Gasteiger partial charge in [-0.05, 0) is 35.4 Å². The van der Waals surface area contributed by atoms with E-state index in [4.69, 9.17) is 14.2 Å². The molecule has 0 spiro atoms. The molecule has 0 bridgehead atoms. The highest BCUT2D eigenvalue weighted by molar-refractivity contribution is 6.07. The molecule has 2 aliphatic rings. The number of hydrogen-bond acceptors (Lipinski definition) is 6. The highest BCUT2D eigenvalue weighted by Crippen LogP contribution is 2.35. The molecule has 0 aromatic heterocycles. The van der Waals surface area contributed by atoms with Crippen molar-refractivity contribution in [3.05, 3.63) is 89.5 Å². The van der Waals surface area contributed by atoms with E-state index in [0.717, 1.165) is 22.4 Å². The average molecular weight is 402 g/mol. The molecule has 0 unspecified atom stereocenters. The maximum absolute atomic E-state index is 11.0. The number of fused-ring (bicyclic) bond motifs is 1. The van der Waals surface area contributed by atoms with Crippen LogP contribution in [-0.4, -0.2) is 30.1 Å². The second-order valence-corrected chi connectivity index (χ2v) is 7.22. The Morgan fingerprint density at radius 2 is 1.70 bits per heavy atom. The van der Waals surface area contributed by atoms with Gasteiger partial charge in [-0.3, -0.25) is 5.43 Å². The van der Waals surface area contributed by atoms with Crippen LogP contribution in [-0.2, 0) is 6.61 Å². The third kappa shape index (κ3) is 3.57. The summed E-state index contributed by atoms with van der Waals surface area (Å²) in [6.07, 6.45) is -0.825. The quantitative estimate of drug-likeness (QED) is 0.684. The van der Waals surface area contributed by atoms with Crippen molar-refractivity contribution in [2.45, 2.75) is 18.8 Å². The average Bonchev–Trinajstić information content (AvgIpc) is 3.19. The lowest BCUT2D eigenvalue weighted by atomic mass is 9.95. The van der Waals surface area contributed by atoms with Crippen LogP contribution in [0, 0.1) is 0 Å². The Hall–Kier alpha value is -3.51. The number of nitrogens with one attached hydrogen (secondary N) is 1. The van der Waals surface area contributed by atoms with Crippen molar-refractivity contribution in [1.29, 1.82) is 0 Å². The topological polar surface area (TPSA) is 72.3 Å². The van der Waals surface area contributed by atoms with Crippen LogP contribution in [0.15, 0.2) is 77.9 Å². The van der Waals surface area contributed by atoms with Gasteiger partial charge >= 0.3 is 0 Å². The van der Waals surface area contributed by atoms with Crippen LogP contribution in [0.5, 0.6) is 17.2 Å². The lowest BCUT2D eigenvalue weighted by molar-refractivity contribution is 0.170. The fourth-order valence-corrected chi connectivity index (χ4v) is 3.70. The van der Waals surface area contributed by atoms with Crippen LogP contribution in [0.2, 0.25) is 0 Å². The van der Waals surface area contributed by atoms with E-state index in [2.05, 4.69) is 10.5 Å². The molecule has 2 heterocycles. The Balaban J connectivity index is 1.36. The van der Waals surface area contributed by atoms with Gasteiger partial charge in [0.2, 0.25) is 0 Å². The SMILES string of the molecule is O[C@@H]1C(c2ccccc2OCc2ccccc2)=NN[C@@H]1c1ccc2c(c1)OCCO2. The zero-order chi connectivity index (χ0) is 20.3. The van der Waals surface area contributed by atoms with Gasteiger partial charge in [-0.2, -0.15) is 5.10 Å². The summed E-state index contributed by atoms with van der Waals surface area (Å²) in [5, 5.41) is 15.5. The lowest BCUT2D eigenvalue weighted by Gasteiger charge is -2.22. The maximum atomic E-state index is 11.0. The molecule has 0 radical (unpaired) electrons. The monoisotopic (exact) mass is 402 g/mol. The summed E-state index contributed by atoms with van der Waals surface area (Å²) in [4.78, 5) is 0. The number of aliphatic hydroxyl groups is 1. The molecule has 0 aliphatic carbocycles. The summed E-state index contributed by atoms with van der Waals surface area (Å²) in [5.74, 6) is 2.09. The Morgan fingerprint density at radius 1 is 0.933 bits per heavy atom. The molecular weight excluding hydrogens is 380 g/mol. The summed E-state index contributed by atoms with van der Waals surface area (Å²) in [5.41, 5.74) is 6.35. The van der Waals surface area contributed by atoms with Gasteiger partial charge in [0, 0.05) is 5.56 Å². The van der Waals surface area contributed by atoms with Crippen LogP contribution in [0.4, 0.5) is 0 Å². The van der Waals surface area contributed by atoms with E-state index in [9.17, 15) is 5.11 Å². The van der Waals surface area contributed by atoms with Gasteiger partial charge in [0.25, 0.3) is 0 Å². The molecule has 5 rings (SSSR count). The third-order valence-electron chi connectivity index (χ3n) is 5.25. The van der Waals surface area contributed by atoms with Crippen molar-refractivity contribution < 1.29 is 19.3 Å². The van der Waals surface area contributed by atoms with Crippen molar-refractivity contribution >= 4 is 5.71 Å². The first-order valence-electron chi connectivity index (χ1n) is 9.96. The minimum atomic E-state index is -0.825. The minimum Gasteiger partial charge on any atom is -0.488 e. The van der Waals surface area contributed by atoms with Crippen molar-refractivity contribution in [1.82, 2.24) is 5.43 Å². The Labute approximate surface area is 174 Å². The van der Waals surface area contributed by atoms with E-state index < -0.39 is 6.10 Å². The van der Waals surface area contributed by atoms with Gasteiger partial charge in [-0.15, -0.1) is 0 Å². The van der Waals surface area contributed by atoms with Crippen molar-refractivity contribution in [3.63, 3.8) is 0 Å². The number of hydrazone groups is 1. The van der Waals surface area contributed by atoms with Gasteiger partial charge in [0.1, 0.15) is 43.4 Å². The van der Waals surface area contributed by atoms with Crippen LogP contribution in [0.3, 0.4) is 0 Å². The fourth-order valence-electron chi connectivity index (χ4n) is 3.70. The van der Waals surface area contributed by atoms with Gasteiger partial charge in [0.15, 0.2) is 11.5 Å². The molecule has 6 heteroatoms. The van der Waals surface area contributed by atoms with Crippen LogP contribution in [0.1, 0.15) is 22.7 Å². The smallest absolute Gasteiger partial charge is 0.161 e. The minimum absolute atomic E-state index is 0.377. The first kappa shape index (κ1) is 18.5. The van der Waals surface area contributed by atoms with Gasteiger partial charge in [-0.25, -0.2) is 0 Å². The summed E-state index contributed by atoms with van der Waals surface area (Å²) < 4.78 is 17.3. The molecule has 3 aromatic carbocycles. The molecule has 0 saturated carbocycles. The Kier molecular flexibility index (Phi) is 4.99. The highest BCUT2D eigenvalue weighted by Gasteiger charge is 2.34. The van der Waals surface area contributed by atoms with Gasteiger partial charge in [0.05, 0.1) is 0 Å². The molecule has 3 aromatic rings. The Morgan fingerprint density at radius 3 is 2.57 bits per heavy atom. The van der Waals surface area contributed by atoms with E-state index in [0.29, 0.717) is 37.0 Å². The van der Waals surface area contributed by atoms with Crippen LogP contribution in [0.25, 0.3) is 0 Å². The summed E-state index contributed by atoms with van der Waals surface area (Å²) in [6.45, 7) is 1.51. The molecule has 2 atom stereocenters. The zero-order valence-electron chi connectivity index (χ0n) is 16.3. The van der Waals surface area contributed by atoms with E-state index in [1.165, 1.54) is 0 Å². The number of para-hydroxylation sites is 1. The molecule has 152 valence electrons. The number of aliphatic hydroxyl groups excluding tert-OH is 1. The van der Waals surface area contributed by atoms with Crippen LogP contribution >= 0.6 is 0 Å². The second-order valence-electron chi connectivity index (χ2n) is 7.22. The predicted molar refractivity (Wildman–Crippen MR) is 113 cm³/mol. The van der Waals surface area contributed by atoms with Gasteiger partial charge < -0.3 is 19.3 Å². The van der Waals surface area contributed by atoms with Crippen molar-refractivity contribution in [2.75, 3.05) is 13.2 Å². The normalized spacial score (nSPS) is 19.7. The lowest BCUT2D eigenvalue weighted by Crippen LogP contribution is -2.27. The molecule has 0 saturated heterocycles. The summed E-state index contributed by atoms with van der Waals surface area (Å²) >= 11 is 0. The molecule has 0 fully saturated rings. The molecule has 2 aliphatic heterocycles. The van der Waals surface area contributed by atoms with E-state index in [1.807, 2.05) is 72.8 Å². The molecule has 0 amide bonds. The molecule has 30 heavy (non-hydrogen) atoms. The van der Waals surface area contributed by atoms with E-state index >= 15 is 0 Å². The highest BCUT2D eigenvalue weighted by atomic mass is 16.6. The van der Waals surface area contributed by atoms with Gasteiger partial charge in [-0.1, -0.05) is 48.5 Å². The standard InChI is InChI=1S/C24H22N2O4/c27-24-22(17-10-11-20-21(14-17)29-13-12-28-20)25-26-23(24)18-8-4-5-9-19(18)30-15-16-6-2-1-3-7-16/h1-11,14,22,24-25,27H,12-13,15H2/t22-,24+/m1/s1. The molecule has 2 N–H and O–H groups in total. The first-order valence-corrected chi connectivity index (χ1v) is 9.96. The second kappa shape index (κ2) is 8.08. The number of hydrogen-bond donors (Lipinski definition) is 2. The Bertz CT molecular complexity index is 1070. The number of benzene rings is 3. The predicted octanol–water partition coefficient (Wildman–Crippen LogP) is 3.45. The fraction of sp³-hybridized carbons (Fsp3) is 0.208. The van der Waals surface area contributed by atoms with Crippen molar-refractivity contribution in [3.8, 4) is 17.2 Å². The first-order chi connectivity index (χ1) is 14.8. The maximum Gasteiger partial charge on any atom is 0.161 e. The zero-order valence-corrected chi connectivity index (χ0v) is 16.3. The summed E-state index contributed by atoms with van der Waals surface area (Å²) in [6, 6.07) is 22.9. The van der Waals surface area contributed by atoms with Crippen LogP contribution < -0.4 is 19.6 Å². The molecular formula is C24H22N2O4. The number of ether oxygens (including phenoxy) is 3. The van der Waals surface area contributed by atoms with E-state index in [1.54, 1.807) is 0 Å². The molecule has 6 nitrogen and oxygen atoms in total. The summed E-state index contributed by atoms with van der Waals surface area (Å²) in [7, 11) is 0. The van der Waals surface area contributed by atoms with E-state index in [-0.39, 0.29) is 6.04 Å². The van der Waals surface area contributed by atoms with Crippen molar-refractivity contribution in [2.24, 2.45) is 5.10 Å². The third-order valence-corrected chi connectivity index (χ3v) is 5.25. The number of nitrogens with zero attached hydrogens (tertiary/aromatic N) is 1. The number of rotatable bonds is 5. The largest absolute Gasteiger partial charge is 0.488 e.